The van der Waals surface area contributed by atoms with Crippen molar-refractivity contribution in [3.05, 3.63) is 41.3 Å². The topological polar surface area (TPSA) is 29.9 Å². The van der Waals surface area contributed by atoms with Gasteiger partial charge in [-0.2, -0.15) is 5.10 Å². The van der Waals surface area contributed by atoms with Crippen molar-refractivity contribution in [3.8, 4) is 11.3 Å². The van der Waals surface area contributed by atoms with Crippen LogP contribution in [-0.4, -0.2) is 16.3 Å². The van der Waals surface area contributed by atoms with Crippen LogP contribution < -0.4 is 5.32 Å². The highest BCUT2D eigenvalue weighted by molar-refractivity contribution is 5.65. The van der Waals surface area contributed by atoms with Crippen molar-refractivity contribution in [2.24, 2.45) is 7.05 Å². The van der Waals surface area contributed by atoms with Gasteiger partial charge >= 0.3 is 0 Å². The van der Waals surface area contributed by atoms with E-state index < -0.39 is 0 Å². The summed E-state index contributed by atoms with van der Waals surface area (Å²) in [5, 5.41) is 7.84. The van der Waals surface area contributed by atoms with Crippen LogP contribution in [-0.2, 0) is 20.0 Å². The first-order valence-electron chi connectivity index (χ1n) is 5.77. The van der Waals surface area contributed by atoms with Crippen LogP contribution in [0.5, 0.6) is 0 Å². The molecule has 0 unspecified atom stereocenters. The standard InChI is InChI=1S/C13H14FN3/c1-17-13(9-3-2-4-10(14)7-9)11-8-15-6-5-12(11)16-17/h2-4,7,15H,5-6,8H2,1H3. The predicted octanol–water partition coefficient (Wildman–Crippen LogP) is 1.87. The van der Waals surface area contributed by atoms with Crippen molar-refractivity contribution in [3.63, 3.8) is 0 Å². The second-order valence-corrected chi connectivity index (χ2v) is 4.33. The van der Waals surface area contributed by atoms with Gasteiger partial charge in [-0.15, -0.1) is 0 Å². The molecule has 0 amide bonds. The molecule has 0 atom stereocenters. The maximum atomic E-state index is 13.3. The Morgan fingerprint density at radius 2 is 2.29 bits per heavy atom. The fourth-order valence-corrected chi connectivity index (χ4v) is 2.43. The van der Waals surface area contributed by atoms with Crippen LogP contribution in [0.25, 0.3) is 11.3 Å². The van der Waals surface area contributed by atoms with Crippen LogP contribution in [0.1, 0.15) is 11.3 Å². The summed E-state index contributed by atoms with van der Waals surface area (Å²) >= 11 is 0. The van der Waals surface area contributed by atoms with Gasteiger partial charge in [0.05, 0.1) is 11.4 Å². The number of aryl methyl sites for hydroxylation is 1. The first-order chi connectivity index (χ1) is 8.25. The second kappa shape index (κ2) is 3.96. The van der Waals surface area contributed by atoms with Crippen LogP contribution >= 0.6 is 0 Å². The molecule has 2 heterocycles. The van der Waals surface area contributed by atoms with E-state index in [9.17, 15) is 4.39 Å². The molecule has 3 nitrogen and oxygen atoms in total. The maximum Gasteiger partial charge on any atom is 0.123 e. The smallest absolute Gasteiger partial charge is 0.123 e. The molecule has 1 aliphatic rings. The Bertz CT molecular complexity index is 560. The Hall–Kier alpha value is -1.68. The zero-order valence-electron chi connectivity index (χ0n) is 9.70. The molecular weight excluding hydrogens is 217 g/mol. The summed E-state index contributed by atoms with van der Waals surface area (Å²) in [4.78, 5) is 0. The van der Waals surface area contributed by atoms with Crippen LogP contribution in [0.3, 0.4) is 0 Å². The minimum Gasteiger partial charge on any atom is -0.312 e. The summed E-state index contributed by atoms with van der Waals surface area (Å²) in [5.41, 5.74) is 4.24. The number of rotatable bonds is 1. The van der Waals surface area contributed by atoms with E-state index in [1.807, 2.05) is 17.8 Å². The van der Waals surface area contributed by atoms with Crippen molar-refractivity contribution in [2.75, 3.05) is 6.54 Å². The lowest BCUT2D eigenvalue weighted by Gasteiger charge is -2.13. The number of benzene rings is 1. The van der Waals surface area contributed by atoms with Gasteiger partial charge in [-0.1, -0.05) is 12.1 Å². The minimum absolute atomic E-state index is 0.207. The molecule has 3 rings (SSSR count). The summed E-state index contributed by atoms with van der Waals surface area (Å²) in [6.07, 6.45) is 0.943. The van der Waals surface area contributed by atoms with Crippen LogP contribution in [0.15, 0.2) is 24.3 Å². The van der Waals surface area contributed by atoms with Gasteiger partial charge in [0.15, 0.2) is 0 Å². The molecule has 1 aromatic carbocycles. The molecule has 4 heteroatoms. The number of hydrogen-bond donors (Lipinski definition) is 1. The van der Waals surface area contributed by atoms with Gasteiger partial charge in [-0.3, -0.25) is 4.68 Å². The second-order valence-electron chi connectivity index (χ2n) is 4.33. The SMILES string of the molecule is Cn1nc2c(c1-c1cccc(F)c1)CNCC2. The first kappa shape index (κ1) is 10.5. The van der Waals surface area contributed by atoms with Gasteiger partial charge < -0.3 is 5.32 Å². The normalized spacial score (nSPS) is 14.7. The Labute approximate surface area is 99.3 Å². The number of nitrogens with one attached hydrogen (secondary N) is 1. The third kappa shape index (κ3) is 1.74. The monoisotopic (exact) mass is 231 g/mol. The summed E-state index contributed by atoms with van der Waals surface area (Å²) < 4.78 is 15.1. The van der Waals surface area contributed by atoms with Gasteiger partial charge in [0, 0.05) is 37.7 Å². The van der Waals surface area contributed by atoms with Crippen molar-refractivity contribution in [2.45, 2.75) is 13.0 Å². The van der Waals surface area contributed by atoms with Crippen molar-refractivity contribution in [1.29, 1.82) is 0 Å². The van der Waals surface area contributed by atoms with Gasteiger partial charge in [0.2, 0.25) is 0 Å². The molecule has 0 fully saturated rings. The molecule has 88 valence electrons. The van der Waals surface area contributed by atoms with E-state index >= 15 is 0 Å². The average Bonchev–Trinajstić information content (AvgIpc) is 2.64. The molecule has 2 aromatic rings. The van der Waals surface area contributed by atoms with Crippen molar-refractivity contribution >= 4 is 0 Å². The third-order valence-corrected chi connectivity index (χ3v) is 3.17. The third-order valence-electron chi connectivity index (χ3n) is 3.17. The van der Waals surface area contributed by atoms with Gasteiger partial charge in [-0.25, -0.2) is 4.39 Å². The maximum absolute atomic E-state index is 13.3. The predicted molar refractivity (Wildman–Crippen MR) is 64.0 cm³/mol. The molecule has 0 saturated carbocycles. The summed E-state index contributed by atoms with van der Waals surface area (Å²) in [7, 11) is 1.92. The summed E-state index contributed by atoms with van der Waals surface area (Å²) in [5.74, 6) is -0.207. The number of halogens is 1. The van der Waals surface area contributed by atoms with Crippen molar-refractivity contribution < 1.29 is 4.39 Å². The molecule has 0 aliphatic carbocycles. The van der Waals surface area contributed by atoms with Gasteiger partial charge in [-0.05, 0) is 12.1 Å². The Balaban J connectivity index is 2.17. The lowest BCUT2D eigenvalue weighted by atomic mass is 10.0. The molecule has 1 N–H and O–H groups in total. The Morgan fingerprint density at radius 1 is 1.41 bits per heavy atom. The fraction of sp³-hybridized carbons (Fsp3) is 0.308. The lowest BCUT2D eigenvalue weighted by molar-refractivity contribution is 0.628. The van der Waals surface area contributed by atoms with E-state index in [2.05, 4.69) is 10.4 Å². The Morgan fingerprint density at radius 3 is 3.12 bits per heavy atom. The molecule has 0 spiro atoms. The van der Waals surface area contributed by atoms with E-state index in [-0.39, 0.29) is 5.82 Å². The molecule has 0 bridgehead atoms. The molecule has 0 saturated heterocycles. The zero-order valence-corrected chi connectivity index (χ0v) is 9.70. The highest BCUT2D eigenvalue weighted by atomic mass is 19.1. The zero-order chi connectivity index (χ0) is 11.8. The number of fused-ring (bicyclic) bond motifs is 1. The van der Waals surface area contributed by atoms with E-state index in [1.54, 1.807) is 12.1 Å². The van der Waals surface area contributed by atoms with Gasteiger partial charge in [0.1, 0.15) is 5.82 Å². The highest BCUT2D eigenvalue weighted by Gasteiger charge is 2.19. The van der Waals surface area contributed by atoms with Crippen LogP contribution in [0.4, 0.5) is 4.39 Å². The summed E-state index contributed by atoms with van der Waals surface area (Å²) in [6.45, 7) is 1.78. The number of nitrogens with zero attached hydrogens (tertiary/aromatic N) is 2. The van der Waals surface area contributed by atoms with Gasteiger partial charge in [0.25, 0.3) is 0 Å². The largest absolute Gasteiger partial charge is 0.312 e. The quantitative estimate of drug-likeness (QED) is 0.812. The molecule has 1 aliphatic heterocycles. The summed E-state index contributed by atoms with van der Waals surface area (Å²) in [6, 6.07) is 6.69. The molecular formula is C13H14FN3. The fourth-order valence-electron chi connectivity index (χ4n) is 2.43. The van der Waals surface area contributed by atoms with Crippen LogP contribution in [0.2, 0.25) is 0 Å². The van der Waals surface area contributed by atoms with Crippen molar-refractivity contribution in [1.82, 2.24) is 15.1 Å². The minimum atomic E-state index is -0.207. The van der Waals surface area contributed by atoms with Crippen LogP contribution in [0, 0.1) is 5.82 Å². The molecule has 1 aromatic heterocycles. The van der Waals surface area contributed by atoms with E-state index in [1.165, 1.54) is 11.6 Å². The Kier molecular flexibility index (Phi) is 2.44. The molecule has 17 heavy (non-hydrogen) atoms. The molecule has 0 radical (unpaired) electrons. The van der Waals surface area contributed by atoms with E-state index in [0.717, 1.165) is 36.5 Å². The van der Waals surface area contributed by atoms with E-state index in [4.69, 9.17) is 0 Å². The lowest BCUT2D eigenvalue weighted by Crippen LogP contribution is -2.23. The van der Waals surface area contributed by atoms with E-state index in [0.29, 0.717) is 0 Å². The average molecular weight is 231 g/mol. The highest BCUT2D eigenvalue weighted by Crippen LogP contribution is 2.27. The number of hydrogen-bond acceptors (Lipinski definition) is 2. The first-order valence-corrected chi connectivity index (χ1v) is 5.77. The number of aromatic nitrogens is 2.